The van der Waals surface area contributed by atoms with E-state index in [9.17, 15) is 0 Å². The van der Waals surface area contributed by atoms with E-state index in [1.807, 2.05) is 6.92 Å². The molecule has 2 saturated carbocycles. The smallest absolute Gasteiger partial charge is 0.0986 e. The molecule has 0 spiro atoms. The van der Waals surface area contributed by atoms with Gasteiger partial charge in [-0.1, -0.05) is 19.8 Å². The van der Waals surface area contributed by atoms with Crippen molar-refractivity contribution in [2.75, 3.05) is 20.3 Å². The van der Waals surface area contributed by atoms with Gasteiger partial charge in [-0.3, -0.25) is 0 Å². The molecule has 0 amide bonds. The van der Waals surface area contributed by atoms with Crippen molar-refractivity contribution < 1.29 is 9.47 Å². The lowest BCUT2D eigenvalue weighted by Gasteiger charge is -2.44. The van der Waals surface area contributed by atoms with Crippen molar-refractivity contribution in [3.8, 4) is 0 Å². The van der Waals surface area contributed by atoms with Gasteiger partial charge in [0.1, 0.15) is 0 Å². The molecule has 2 fully saturated rings. The Kier molecular flexibility index (Phi) is 4.83. The predicted octanol–water partition coefficient (Wildman–Crippen LogP) is 2.20. The molecule has 0 aromatic rings. The number of ether oxygens (including phenoxy) is 2. The largest absolute Gasteiger partial charge is 0.377 e. The second kappa shape index (κ2) is 6.17. The summed E-state index contributed by atoms with van der Waals surface area (Å²) in [4.78, 5) is 0. The zero-order valence-electron chi connectivity index (χ0n) is 11.4. The first-order chi connectivity index (χ1) is 8.26. The first-order valence-corrected chi connectivity index (χ1v) is 7.14. The fraction of sp³-hybridized carbons (Fsp3) is 1.00. The molecule has 2 aliphatic carbocycles. The third-order valence-corrected chi connectivity index (χ3v) is 4.58. The van der Waals surface area contributed by atoms with Crippen molar-refractivity contribution in [1.82, 2.24) is 5.32 Å². The van der Waals surface area contributed by atoms with Gasteiger partial charge in [-0.15, -0.1) is 0 Å². The van der Waals surface area contributed by atoms with Crippen LogP contribution in [0.25, 0.3) is 0 Å². The minimum atomic E-state index is 0.256. The molecule has 0 bridgehead atoms. The van der Waals surface area contributed by atoms with Gasteiger partial charge in [0.15, 0.2) is 0 Å². The lowest BCUT2D eigenvalue weighted by Crippen LogP contribution is -2.60. The molecule has 0 aromatic heterocycles. The molecule has 0 saturated heterocycles. The monoisotopic (exact) mass is 241 g/mol. The zero-order valence-corrected chi connectivity index (χ0v) is 11.4. The minimum absolute atomic E-state index is 0.256. The van der Waals surface area contributed by atoms with Gasteiger partial charge in [-0.05, 0) is 38.1 Å². The van der Waals surface area contributed by atoms with Crippen molar-refractivity contribution in [1.29, 1.82) is 0 Å². The number of methoxy groups -OCH3 is 1. The Hall–Kier alpha value is -0.120. The SMILES string of the molecule is CCOC1CC(NCC2CCCC2C)C1OC. The van der Waals surface area contributed by atoms with Gasteiger partial charge in [0, 0.05) is 19.8 Å². The topological polar surface area (TPSA) is 30.5 Å². The van der Waals surface area contributed by atoms with E-state index in [4.69, 9.17) is 9.47 Å². The molecule has 0 aromatic carbocycles. The van der Waals surface area contributed by atoms with E-state index in [-0.39, 0.29) is 6.10 Å². The van der Waals surface area contributed by atoms with Gasteiger partial charge in [-0.2, -0.15) is 0 Å². The van der Waals surface area contributed by atoms with E-state index >= 15 is 0 Å². The maximum Gasteiger partial charge on any atom is 0.0986 e. The molecule has 5 unspecified atom stereocenters. The van der Waals surface area contributed by atoms with Gasteiger partial charge in [0.05, 0.1) is 12.2 Å². The van der Waals surface area contributed by atoms with Crippen molar-refractivity contribution in [2.24, 2.45) is 11.8 Å². The van der Waals surface area contributed by atoms with E-state index in [1.54, 1.807) is 7.11 Å². The fourth-order valence-corrected chi connectivity index (χ4v) is 3.30. The Morgan fingerprint density at radius 3 is 2.71 bits per heavy atom. The van der Waals surface area contributed by atoms with Crippen LogP contribution in [0.5, 0.6) is 0 Å². The normalized spacial score (nSPS) is 41.5. The Labute approximate surface area is 105 Å². The highest BCUT2D eigenvalue weighted by atomic mass is 16.5. The van der Waals surface area contributed by atoms with Crippen LogP contribution in [0.2, 0.25) is 0 Å². The van der Waals surface area contributed by atoms with Crippen molar-refractivity contribution >= 4 is 0 Å². The molecule has 1 N–H and O–H groups in total. The summed E-state index contributed by atoms with van der Waals surface area (Å²) in [6.45, 7) is 6.38. The number of hydrogen-bond donors (Lipinski definition) is 1. The maximum atomic E-state index is 5.64. The molecule has 0 radical (unpaired) electrons. The van der Waals surface area contributed by atoms with Crippen molar-refractivity contribution in [2.45, 2.75) is 57.8 Å². The summed E-state index contributed by atoms with van der Waals surface area (Å²) in [5, 5.41) is 3.68. The van der Waals surface area contributed by atoms with Crippen LogP contribution in [0.15, 0.2) is 0 Å². The third kappa shape index (κ3) is 3.01. The first-order valence-electron chi connectivity index (χ1n) is 7.14. The molecule has 100 valence electrons. The summed E-state index contributed by atoms with van der Waals surface area (Å²) >= 11 is 0. The van der Waals surface area contributed by atoms with Crippen LogP contribution < -0.4 is 5.32 Å². The van der Waals surface area contributed by atoms with E-state index in [0.29, 0.717) is 12.1 Å². The molecule has 2 rings (SSSR count). The first kappa shape index (κ1) is 13.3. The second-order valence-corrected chi connectivity index (χ2v) is 5.61. The van der Waals surface area contributed by atoms with Crippen LogP contribution in [0.1, 0.15) is 39.5 Å². The van der Waals surface area contributed by atoms with Gasteiger partial charge in [0.2, 0.25) is 0 Å². The molecule has 0 heterocycles. The lowest BCUT2D eigenvalue weighted by molar-refractivity contribution is -0.131. The van der Waals surface area contributed by atoms with E-state index in [1.165, 1.54) is 19.3 Å². The standard InChI is InChI=1S/C14H27NO2/c1-4-17-13-8-12(14(13)16-3)15-9-11-7-5-6-10(11)2/h10-15H,4-9H2,1-3H3. The Bertz CT molecular complexity index is 234. The Morgan fingerprint density at radius 1 is 1.29 bits per heavy atom. The van der Waals surface area contributed by atoms with E-state index in [0.717, 1.165) is 31.4 Å². The van der Waals surface area contributed by atoms with Crippen LogP contribution in [0, 0.1) is 11.8 Å². The van der Waals surface area contributed by atoms with Crippen LogP contribution in [-0.2, 0) is 9.47 Å². The fourth-order valence-electron chi connectivity index (χ4n) is 3.30. The lowest BCUT2D eigenvalue weighted by atomic mass is 9.84. The van der Waals surface area contributed by atoms with Gasteiger partial charge in [-0.25, -0.2) is 0 Å². The molecule has 3 heteroatoms. The molecule has 0 aliphatic heterocycles. The quantitative estimate of drug-likeness (QED) is 0.773. The summed E-state index contributed by atoms with van der Waals surface area (Å²) in [5.41, 5.74) is 0. The summed E-state index contributed by atoms with van der Waals surface area (Å²) in [5.74, 6) is 1.77. The highest BCUT2D eigenvalue weighted by molar-refractivity contribution is 4.97. The summed E-state index contributed by atoms with van der Waals surface area (Å²) in [7, 11) is 1.79. The number of hydrogen-bond acceptors (Lipinski definition) is 3. The molecular weight excluding hydrogens is 214 g/mol. The highest BCUT2D eigenvalue weighted by Gasteiger charge is 2.42. The van der Waals surface area contributed by atoms with E-state index < -0.39 is 0 Å². The van der Waals surface area contributed by atoms with Crippen LogP contribution in [0.3, 0.4) is 0 Å². The Balaban J connectivity index is 1.69. The van der Waals surface area contributed by atoms with Gasteiger partial charge in [0.25, 0.3) is 0 Å². The second-order valence-electron chi connectivity index (χ2n) is 5.61. The number of nitrogens with one attached hydrogen (secondary N) is 1. The Morgan fingerprint density at radius 2 is 2.12 bits per heavy atom. The van der Waals surface area contributed by atoms with Crippen molar-refractivity contribution in [3.63, 3.8) is 0 Å². The summed E-state index contributed by atoms with van der Waals surface area (Å²) in [6, 6.07) is 0.504. The molecule has 3 nitrogen and oxygen atoms in total. The minimum Gasteiger partial charge on any atom is -0.377 e. The average molecular weight is 241 g/mol. The predicted molar refractivity (Wildman–Crippen MR) is 69.1 cm³/mol. The van der Waals surface area contributed by atoms with Gasteiger partial charge < -0.3 is 14.8 Å². The average Bonchev–Trinajstić information content (AvgIpc) is 2.69. The summed E-state index contributed by atoms with van der Waals surface area (Å²) < 4.78 is 11.2. The van der Waals surface area contributed by atoms with Gasteiger partial charge >= 0.3 is 0 Å². The van der Waals surface area contributed by atoms with E-state index in [2.05, 4.69) is 12.2 Å². The van der Waals surface area contributed by atoms with Crippen LogP contribution >= 0.6 is 0 Å². The molecule has 2 aliphatic rings. The molecular formula is C14H27NO2. The third-order valence-electron chi connectivity index (χ3n) is 4.58. The number of rotatable bonds is 6. The highest BCUT2D eigenvalue weighted by Crippen LogP contribution is 2.32. The maximum absolute atomic E-state index is 5.64. The summed E-state index contributed by atoms with van der Waals surface area (Å²) in [6.07, 6.45) is 5.89. The van der Waals surface area contributed by atoms with Crippen LogP contribution in [0.4, 0.5) is 0 Å². The molecule has 5 atom stereocenters. The van der Waals surface area contributed by atoms with Crippen LogP contribution in [-0.4, -0.2) is 38.5 Å². The zero-order chi connectivity index (χ0) is 12.3. The molecule has 17 heavy (non-hydrogen) atoms. The van der Waals surface area contributed by atoms with Crippen molar-refractivity contribution in [3.05, 3.63) is 0 Å².